The van der Waals surface area contributed by atoms with Gasteiger partial charge in [0.15, 0.2) is 11.6 Å². The molecular weight excluding hydrogens is 464 g/mol. The van der Waals surface area contributed by atoms with Gasteiger partial charge in [-0.15, -0.1) is 5.10 Å². The van der Waals surface area contributed by atoms with Crippen molar-refractivity contribution in [2.45, 2.75) is 13.1 Å². The Kier molecular flexibility index (Phi) is 5.75. The van der Waals surface area contributed by atoms with E-state index in [1.54, 1.807) is 29.1 Å². The second-order valence-electron chi connectivity index (χ2n) is 7.13. The number of benzene rings is 2. The van der Waals surface area contributed by atoms with Crippen LogP contribution < -0.4 is 10.1 Å². The molecule has 0 spiro atoms. The van der Waals surface area contributed by atoms with E-state index in [9.17, 15) is 17.6 Å². The number of aryl methyl sites for hydroxylation is 2. The summed E-state index contributed by atoms with van der Waals surface area (Å²) < 4.78 is 62.2. The molecular formula is C21H17ClF4N6O. The zero-order valence-electron chi connectivity index (χ0n) is 17.6. The van der Waals surface area contributed by atoms with Gasteiger partial charge in [-0.2, -0.15) is 18.2 Å². The average molecular weight is 481 g/mol. The van der Waals surface area contributed by atoms with Gasteiger partial charge in [0.1, 0.15) is 5.75 Å². The molecule has 0 aliphatic carbocycles. The van der Waals surface area contributed by atoms with Gasteiger partial charge in [-0.05, 0) is 37.3 Å². The van der Waals surface area contributed by atoms with Crippen LogP contribution in [-0.2, 0) is 13.2 Å². The van der Waals surface area contributed by atoms with Crippen LogP contribution in [0.2, 0.25) is 5.02 Å². The summed E-state index contributed by atoms with van der Waals surface area (Å²) >= 11 is 5.65. The average Bonchev–Trinajstić information content (AvgIpc) is 3.35. The van der Waals surface area contributed by atoms with E-state index in [1.807, 2.05) is 13.1 Å². The lowest BCUT2D eigenvalue weighted by molar-refractivity contribution is -0.137. The highest BCUT2D eigenvalue weighted by atomic mass is 35.5. The van der Waals surface area contributed by atoms with E-state index in [4.69, 9.17) is 16.3 Å². The van der Waals surface area contributed by atoms with Gasteiger partial charge in [0.05, 0.1) is 41.1 Å². The van der Waals surface area contributed by atoms with Gasteiger partial charge in [-0.3, -0.25) is 0 Å². The number of ether oxygens (including phenoxy) is 1. The van der Waals surface area contributed by atoms with E-state index >= 15 is 0 Å². The third-order valence-corrected chi connectivity index (χ3v) is 5.07. The fourth-order valence-corrected chi connectivity index (χ4v) is 3.38. The molecule has 4 aromatic rings. The first kappa shape index (κ1) is 22.6. The van der Waals surface area contributed by atoms with Crippen LogP contribution >= 0.6 is 11.6 Å². The molecule has 0 aliphatic heterocycles. The van der Waals surface area contributed by atoms with Crippen LogP contribution in [0.1, 0.15) is 11.3 Å². The quantitative estimate of drug-likeness (QED) is 0.380. The van der Waals surface area contributed by atoms with E-state index in [2.05, 4.69) is 20.4 Å². The summed E-state index contributed by atoms with van der Waals surface area (Å²) in [4.78, 5) is 8.49. The van der Waals surface area contributed by atoms with Gasteiger partial charge >= 0.3 is 6.18 Å². The normalized spacial score (nSPS) is 11.6. The smallest absolute Gasteiger partial charge is 0.416 e. The van der Waals surface area contributed by atoms with Crippen molar-refractivity contribution in [3.05, 3.63) is 65.0 Å². The lowest BCUT2D eigenvalue weighted by Crippen LogP contribution is -2.08. The van der Waals surface area contributed by atoms with Crippen molar-refractivity contribution in [3.63, 3.8) is 0 Å². The number of halogens is 5. The number of hydrogen-bond acceptors (Lipinski definition) is 5. The number of nitrogens with one attached hydrogen (secondary N) is 1. The Hall–Kier alpha value is -3.60. The molecule has 2 heterocycles. The molecule has 0 fully saturated rings. The van der Waals surface area contributed by atoms with Crippen molar-refractivity contribution < 1.29 is 22.3 Å². The number of rotatable bonds is 5. The van der Waals surface area contributed by atoms with Gasteiger partial charge in [0.2, 0.25) is 5.95 Å². The number of hydrogen-bond donors (Lipinski definition) is 1. The molecule has 33 heavy (non-hydrogen) atoms. The lowest BCUT2D eigenvalue weighted by Gasteiger charge is -2.12. The van der Waals surface area contributed by atoms with Crippen LogP contribution in [0.25, 0.3) is 17.1 Å². The Labute approximate surface area is 190 Å². The molecule has 2 aromatic carbocycles. The fourth-order valence-electron chi connectivity index (χ4n) is 3.16. The first-order valence-electron chi connectivity index (χ1n) is 9.50. The molecule has 0 amide bonds. The molecule has 0 aliphatic rings. The number of aromatic nitrogens is 5. The summed E-state index contributed by atoms with van der Waals surface area (Å²) in [5.74, 6) is -0.226. The van der Waals surface area contributed by atoms with Gasteiger partial charge in [0.25, 0.3) is 0 Å². The minimum absolute atomic E-state index is 0.0209. The highest BCUT2D eigenvalue weighted by Crippen LogP contribution is 2.36. The highest BCUT2D eigenvalue weighted by molar-refractivity contribution is 6.31. The standard InChI is InChI=1S/C21H17ClF4N6O/c1-11-9-32(10-27-11)16-5-4-12(6-17(16)33-3)19-29-20(31(2)30-19)28-15-8-13(21(24,25)26)7-14(22)18(15)23/h4-10H,1-3H3,(H,28,29,30). The highest BCUT2D eigenvalue weighted by Gasteiger charge is 2.32. The molecule has 0 saturated carbocycles. The summed E-state index contributed by atoms with van der Waals surface area (Å²) in [7, 11) is 3.04. The summed E-state index contributed by atoms with van der Waals surface area (Å²) in [5, 5.41) is 6.15. The molecule has 0 radical (unpaired) electrons. The van der Waals surface area contributed by atoms with E-state index in [-0.39, 0.29) is 11.8 Å². The topological polar surface area (TPSA) is 69.8 Å². The lowest BCUT2D eigenvalue weighted by atomic mass is 10.1. The molecule has 7 nitrogen and oxygen atoms in total. The third-order valence-electron chi connectivity index (χ3n) is 4.79. The molecule has 0 unspecified atom stereocenters. The Morgan fingerprint density at radius 2 is 1.91 bits per heavy atom. The van der Waals surface area contributed by atoms with Crippen molar-refractivity contribution in [2.24, 2.45) is 7.05 Å². The third kappa shape index (κ3) is 4.49. The van der Waals surface area contributed by atoms with Crippen LogP contribution in [0.5, 0.6) is 5.75 Å². The molecule has 1 N–H and O–H groups in total. The first-order valence-corrected chi connectivity index (χ1v) is 9.88. The van der Waals surface area contributed by atoms with Crippen molar-refractivity contribution in [1.29, 1.82) is 0 Å². The minimum atomic E-state index is -4.69. The predicted molar refractivity (Wildman–Crippen MR) is 115 cm³/mol. The number of alkyl halides is 3. The molecule has 0 atom stereocenters. The molecule has 4 rings (SSSR count). The summed E-state index contributed by atoms with van der Waals surface area (Å²) in [6.07, 6.45) is -1.19. The zero-order chi connectivity index (χ0) is 23.9. The van der Waals surface area contributed by atoms with Gasteiger partial charge < -0.3 is 14.6 Å². The Bertz CT molecular complexity index is 1330. The fraction of sp³-hybridized carbons (Fsp3) is 0.190. The molecule has 0 saturated heterocycles. The van der Waals surface area contributed by atoms with Crippen LogP contribution in [0.3, 0.4) is 0 Å². The van der Waals surface area contributed by atoms with Crippen LogP contribution in [0.4, 0.5) is 29.2 Å². The van der Waals surface area contributed by atoms with Gasteiger partial charge in [0, 0.05) is 18.8 Å². The Morgan fingerprint density at radius 1 is 1.15 bits per heavy atom. The summed E-state index contributed by atoms with van der Waals surface area (Å²) in [5.41, 5.74) is 0.606. The largest absolute Gasteiger partial charge is 0.495 e. The second-order valence-corrected chi connectivity index (χ2v) is 7.54. The number of methoxy groups -OCH3 is 1. The molecule has 12 heteroatoms. The summed E-state index contributed by atoms with van der Waals surface area (Å²) in [6, 6.07) is 6.42. The van der Waals surface area contributed by atoms with Crippen molar-refractivity contribution >= 4 is 23.2 Å². The molecule has 0 bridgehead atoms. The maximum atomic E-state index is 14.4. The van der Waals surface area contributed by atoms with E-state index in [1.165, 1.54) is 18.8 Å². The minimum Gasteiger partial charge on any atom is -0.495 e. The Balaban J connectivity index is 1.68. The Morgan fingerprint density at radius 3 is 2.55 bits per heavy atom. The summed E-state index contributed by atoms with van der Waals surface area (Å²) in [6.45, 7) is 1.87. The van der Waals surface area contributed by atoms with Crippen LogP contribution in [-0.4, -0.2) is 31.4 Å². The van der Waals surface area contributed by atoms with Crippen molar-refractivity contribution in [1.82, 2.24) is 24.3 Å². The van der Waals surface area contributed by atoms with E-state index < -0.39 is 28.3 Å². The van der Waals surface area contributed by atoms with Crippen LogP contribution in [0.15, 0.2) is 42.9 Å². The number of anilines is 2. The molecule has 2 aromatic heterocycles. The SMILES string of the molecule is COc1cc(-c2nc(Nc3cc(C(F)(F)F)cc(Cl)c3F)n(C)n2)ccc1-n1cnc(C)c1. The van der Waals surface area contributed by atoms with E-state index in [0.717, 1.165) is 11.4 Å². The number of imidazole rings is 1. The van der Waals surface area contributed by atoms with Gasteiger partial charge in [-0.1, -0.05) is 11.6 Å². The van der Waals surface area contributed by atoms with Gasteiger partial charge in [-0.25, -0.2) is 14.1 Å². The monoisotopic (exact) mass is 480 g/mol. The zero-order valence-corrected chi connectivity index (χ0v) is 18.3. The predicted octanol–water partition coefficient (Wildman–Crippen LogP) is 5.54. The van der Waals surface area contributed by atoms with Crippen molar-refractivity contribution in [2.75, 3.05) is 12.4 Å². The maximum Gasteiger partial charge on any atom is 0.416 e. The van der Waals surface area contributed by atoms with E-state index in [0.29, 0.717) is 23.4 Å². The first-order chi connectivity index (χ1) is 15.6. The van der Waals surface area contributed by atoms with Crippen LogP contribution in [0, 0.1) is 12.7 Å². The van der Waals surface area contributed by atoms with Crippen molar-refractivity contribution in [3.8, 4) is 22.8 Å². The maximum absolute atomic E-state index is 14.4. The number of nitrogens with zero attached hydrogens (tertiary/aromatic N) is 5. The molecule has 172 valence electrons. The second kappa shape index (κ2) is 8.39.